The molecule has 0 fully saturated rings. The van der Waals surface area contributed by atoms with E-state index in [1.54, 1.807) is 37.3 Å². The highest BCUT2D eigenvalue weighted by atomic mass is 19.1. The Morgan fingerprint density at radius 1 is 1.05 bits per heavy atom. The SMILES string of the molecule is COc1ccccc1Oc1ccc(C(C)O)cc1F. The largest absolute Gasteiger partial charge is 0.493 e. The van der Waals surface area contributed by atoms with Gasteiger partial charge < -0.3 is 14.6 Å². The number of aliphatic hydroxyl groups excluding tert-OH is 1. The predicted octanol–water partition coefficient (Wildman–Crippen LogP) is 3.68. The molecule has 0 aliphatic heterocycles. The highest BCUT2D eigenvalue weighted by Crippen LogP contribution is 2.32. The van der Waals surface area contributed by atoms with E-state index in [1.165, 1.54) is 19.2 Å². The summed E-state index contributed by atoms with van der Waals surface area (Å²) in [5.74, 6) is 0.536. The number of rotatable bonds is 4. The van der Waals surface area contributed by atoms with Crippen LogP contribution in [0, 0.1) is 5.82 Å². The van der Waals surface area contributed by atoms with Gasteiger partial charge in [-0.05, 0) is 36.8 Å². The number of para-hydroxylation sites is 2. The van der Waals surface area contributed by atoms with Crippen LogP contribution in [0.25, 0.3) is 0 Å². The zero-order valence-electron chi connectivity index (χ0n) is 10.8. The van der Waals surface area contributed by atoms with Gasteiger partial charge in [-0.25, -0.2) is 4.39 Å². The Morgan fingerprint density at radius 2 is 1.74 bits per heavy atom. The van der Waals surface area contributed by atoms with Crippen molar-refractivity contribution in [1.82, 2.24) is 0 Å². The summed E-state index contributed by atoms with van der Waals surface area (Å²) in [5.41, 5.74) is 0.505. The van der Waals surface area contributed by atoms with Crippen molar-refractivity contribution in [3.8, 4) is 17.2 Å². The molecule has 19 heavy (non-hydrogen) atoms. The maximum absolute atomic E-state index is 13.9. The summed E-state index contributed by atoms with van der Waals surface area (Å²) in [6, 6.07) is 11.4. The van der Waals surface area contributed by atoms with Gasteiger partial charge in [-0.1, -0.05) is 18.2 Å². The van der Waals surface area contributed by atoms with E-state index in [0.717, 1.165) is 0 Å². The van der Waals surface area contributed by atoms with Crippen molar-refractivity contribution < 1.29 is 19.0 Å². The number of methoxy groups -OCH3 is 1. The Hall–Kier alpha value is -2.07. The molecular weight excluding hydrogens is 247 g/mol. The van der Waals surface area contributed by atoms with Crippen LogP contribution in [0.2, 0.25) is 0 Å². The third-order valence-corrected chi connectivity index (χ3v) is 2.73. The van der Waals surface area contributed by atoms with Gasteiger partial charge in [0.2, 0.25) is 0 Å². The third-order valence-electron chi connectivity index (χ3n) is 2.73. The first-order valence-corrected chi connectivity index (χ1v) is 5.90. The second kappa shape index (κ2) is 5.71. The molecule has 1 unspecified atom stereocenters. The zero-order chi connectivity index (χ0) is 13.8. The van der Waals surface area contributed by atoms with Gasteiger partial charge in [0.15, 0.2) is 23.1 Å². The van der Waals surface area contributed by atoms with Crippen LogP contribution < -0.4 is 9.47 Å². The van der Waals surface area contributed by atoms with E-state index in [0.29, 0.717) is 17.1 Å². The minimum Gasteiger partial charge on any atom is -0.493 e. The second-order valence-electron chi connectivity index (χ2n) is 4.12. The lowest BCUT2D eigenvalue weighted by Crippen LogP contribution is -1.95. The molecule has 2 rings (SSSR count). The van der Waals surface area contributed by atoms with Crippen LogP contribution in [0.4, 0.5) is 4.39 Å². The molecule has 1 atom stereocenters. The first-order valence-electron chi connectivity index (χ1n) is 5.90. The van der Waals surface area contributed by atoms with Crippen LogP contribution in [0.1, 0.15) is 18.6 Å². The smallest absolute Gasteiger partial charge is 0.169 e. The molecule has 0 heterocycles. The first-order chi connectivity index (χ1) is 9.11. The molecule has 4 heteroatoms. The fourth-order valence-corrected chi connectivity index (χ4v) is 1.68. The van der Waals surface area contributed by atoms with E-state index in [9.17, 15) is 9.50 Å². The van der Waals surface area contributed by atoms with E-state index in [-0.39, 0.29) is 5.75 Å². The molecule has 100 valence electrons. The van der Waals surface area contributed by atoms with E-state index in [4.69, 9.17) is 9.47 Å². The lowest BCUT2D eigenvalue weighted by molar-refractivity contribution is 0.198. The molecule has 2 aromatic carbocycles. The van der Waals surface area contributed by atoms with E-state index in [2.05, 4.69) is 0 Å². The van der Waals surface area contributed by atoms with Crippen LogP contribution in [-0.4, -0.2) is 12.2 Å². The van der Waals surface area contributed by atoms with Crippen molar-refractivity contribution in [3.05, 3.63) is 53.8 Å². The highest BCUT2D eigenvalue weighted by Gasteiger charge is 2.11. The molecule has 0 spiro atoms. The summed E-state index contributed by atoms with van der Waals surface area (Å²) in [7, 11) is 1.52. The van der Waals surface area contributed by atoms with Crippen molar-refractivity contribution in [2.75, 3.05) is 7.11 Å². The van der Waals surface area contributed by atoms with Gasteiger partial charge in [0.1, 0.15) is 0 Å². The number of hydrogen-bond acceptors (Lipinski definition) is 3. The van der Waals surface area contributed by atoms with Crippen LogP contribution >= 0.6 is 0 Å². The molecule has 0 aliphatic rings. The Bertz CT molecular complexity index is 567. The molecule has 0 bridgehead atoms. The van der Waals surface area contributed by atoms with Crippen molar-refractivity contribution in [1.29, 1.82) is 0 Å². The lowest BCUT2D eigenvalue weighted by atomic mass is 10.1. The molecular formula is C15H15FO3. The Morgan fingerprint density at radius 3 is 2.32 bits per heavy atom. The van der Waals surface area contributed by atoms with E-state index >= 15 is 0 Å². The standard InChI is InChI=1S/C15H15FO3/c1-10(17)11-7-8-13(12(16)9-11)19-15-6-4-3-5-14(15)18-2/h3-10,17H,1-2H3. The van der Waals surface area contributed by atoms with Gasteiger partial charge in [0, 0.05) is 0 Å². The van der Waals surface area contributed by atoms with Crippen molar-refractivity contribution >= 4 is 0 Å². The molecule has 0 radical (unpaired) electrons. The third kappa shape index (κ3) is 3.03. The maximum Gasteiger partial charge on any atom is 0.169 e. The van der Waals surface area contributed by atoms with Crippen LogP contribution in [0.5, 0.6) is 17.2 Å². The Balaban J connectivity index is 2.28. The number of aliphatic hydroxyl groups is 1. The van der Waals surface area contributed by atoms with Crippen LogP contribution in [-0.2, 0) is 0 Å². The maximum atomic E-state index is 13.9. The summed E-state index contributed by atoms with van der Waals surface area (Å²) >= 11 is 0. The number of hydrogen-bond donors (Lipinski definition) is 1. The van der Waals surface area contributed by atoms with Gasteiger partial charge in [-0.15, -0.1) is 0 Å². The number of ether oxygens (including phenoxy) is 2. The summed E-state index contributed by atoms with van der Waals surface area (Å²) < 4.78 is 24.5. The summed E-state index contributed by atoms with van der Waals surface area (Å²) in [4.78, 5) is 0. The molecule has 1 N–H and O–H groups in total. The monoisotopic (exact) mass is 262 g/mol. The van der Waals surface area contributed by atoms with Crippen molar-refractivity contribution in [2.24, 2.45) is 0 Å². The fraction of sp³-hybridized carbons (Fsp3) is 0.200. The van der Waals surface area contributed by atoms with E-state index < -0.39 is 11.9 Å². The molecule has 0 amide bonds. The second-order valence-corrected chi connectivity index (χ2v) is 4.12. The minimum atomic E-state index is -0.713. The predicted molar refractivity (Wildman–Crippen MR) is 70.1 cm³/mol. The summed E-state index contributed by atoms with van der Waals surface area (Å²) in [5, 5.41) is 9.38. The topological polar surface area (TPSA) is 38.7 Å². The number of halogens is 1. The summed E-state index contributed by atoms with van der Waals surface area (Å²) in [6.45, 7) is 1.58. The van der Waals surface area contributed by atoms with Crippen molar-refractivity contribution in [2.45, 2.75) is 13.0 Å². The lowest BCUT2D eigenvalue weighted by Gasteiger charge is -2.12. The van der Waals surface area contributed by atoms with E-state index in [1.807, 2.05) is 0 Å². The molecule has 2 aromatic rings. The molecule has 3 nitrogen and oxygen atoms in total. The minimum absolute atomic E-state index is 0.0916. The quantitative estimate of drug-likeness (QED) is 0.913. The first kappa shape index (κ1) is 13.4. The molecule has 0 aliphatic carbocycles. The normalized spacial score (nSPS) is 12.0. The number of benzene rings is 2. The molecule has 0 saturated carbocycles. The summed E-state index contributed by atoms with van der Waals surface area (Å²) in [6.07, 6.45) is -0.713. The van der Waals surface area contributed by atoms with Gasteiger partial charge in [0.25, 0.3) is 0 Å². The average Bonchev–Trinajstić information content (AvgIpc) is 2.41. The van der Waals surface area contributed by atoms with Gasteiger partial charge in [-0.3, -0.25) is 0 Å². The van der Waals surface area contributed by atoms with Gasteiger partial charge in [0.05, 0.1) is 13.2 Å². The van der Waals surface area contributed by atoms with Gasteiger partial charge in [-0.2, -0.15) is 0 Å². The van der Waals surface area contributed by atoms with Gasteiger partial charge >= 0.3 is 0 Å². The Labute approximate surface area is 111 Å². The average molecular weight is 262 g/mol. The molecule has 0 saturated heterocycles. The highest BCUT2D eigenvalue weighted by molar-refractivity contribution is 5.43. The fourth-order valence-electron chi connectivity index (χ4n) is 1.68. The van der Waals surface area contributed by atoms with Crippen LogP contribution in [0.3, 0.4) is 0 Å². The zero-order valence-corrected chi connectivity index (χ0v) is 10.8. The van der Waals surface area contributed by atoms with Crippen molar-refractivity contribution in [3.63, 3.8) is 0 Å². The molecule has 0 aromatic heterocycles. The Kier molecular flexibility index (Phi) is 4.02. The van der Waals surface area contributed by atoms with Crippen LogP contribution in [0.15, 0.2) is 42.5 Å².